The molecule has 3 saturated carbocycles. The number of benzene rings is 1. The molecule has 96 valence electrons. The van der Waals surface area contributed by atoms with Crippen molar-refractivity contribution in [1.29, 1.82) is 0 Å². The lowest BCUT2D eigenvalue weighted by Crippen LogP contribution is -2.42. The lowest BCUT2D eigenvalue weighted by Gasteiger charge is -2.24. The van der Waals surface area contributed by atoms with Gasteiger partial charge in [0.2, 0.25) is 0 Å². The summed E-state index contributed by atoms with van der Waals surface area (Å²) in [5.74, 6) is 10.3. The third kappa shape index (κ3) is 1.79. The summed E-state index contributed by atoms with van der Waals surface area (Å²) in [6.45, 7) is 0. The average Bonchev–Trinajstić information content (AvgIpc) is 3.31. The molecular formula is C16H22N2. The Kier molecular flexibility index (Phi) is 2.49. The van der Waals surface area contributed by atoms with E-state index in [9.17, 15) is 0 Å². The molecule has 3 aliphatic rings. The fourth-order valence-corrected chi connectivity index (χ4v) is 4.36. The predicted octanol–water partition coefficient (Wildman–Crippen LogP) is 2.67. The molecular weight excluding hydrogens is 220 g/mol. The molecule has 0 saturated heterocycles. The minimum absolute atomic E-state index is 0.558. The zero-order chi connectivity index (χ0) is 12.1. The van der Waals surface area contributed by atoms with Crippen molar-refractivity contribution >= 4 is 0 Å². The number of rotatable bonds is 4. The first-order chi connectivity index (χ1) is 8.86. The summed E-state index contributed by atoms with van der Waals surface area (Å²) in [5.41, 5.74) is 4.65. The summed E-state index contributed by atoms with van der Waals surface area (Å²) in [4.78, 5) is 0. The quantitative estimate of drug-likeness (QED) is 0.629. The van der Waals surface area contributed by atoms with Crippen LogP contribution in [0.5, 0.6) is 0 Å². The second-order valence-electron chi connectivity index (χ2n) is 6.60. The standard InChI is InChI=1S/C16H22N2/c17-18-16(13-7-11-6-12(11)8-13)15-9-14(15)10-4-2-1-3-5-10/h1-5,11-16,18H,6-9,17H2. The maximum atomic E-state index is 5.84. The fraction of sp³-hybridized carbons (Fsp3) is 0.625. The summed E-state index contributed by atoms with van der Waals surface area (Å²) in [6.07, 6.45) is 5.68. The Morgan fingerprint density at radius 3 is 2.39 bits per heavy atom. The van der Waals surface area contributed by atoms with Crippen molar-refractivity contribution < 1.29 is 0 Å². The van der Waals surface area contributed by atoms with E-state index in [1.54, 1.807) is 0 Å². The lowest BCUT2D eigenvalue weighted by atomic mass is 9.90. The molecule has 4 rings (SSSR count). The Bertz CT molecular complexity index is 420. The van der Waals surface area contributed by atoms with Gasteiger partial charge < -0.3 is 0 Å². The molecule has 0 aliphatic heterocycles. The number of nitrogens with two attached hydrogens (primary N) is 1. The molecule has 5 unspecified atom stereocenters. The van der Waals surface area contributed by atoms with Crippen molar-refractivity contribution in [3.8, 4) is 0 Å². The van der Waals surface area contributed by atoms with Gasteiger partial charge in [-0.2, -0.15) is 0 Å². The van der Waals surface area contributed by atoms with E-state index in [4.69, 9.17) is 5.84 Å². The first-order valence-corrected chi connectivity index (χ1v) is 7.38. The normalized spacial score (nSPS) is 42.4. The minimum atomic E-state index is 0.558. The van der Waals surface area contributed by atoms with Crippen molar-refractivity contribution in [1.82, 2.24) is 5.43 Å². The van der Waals surface area contributed by atoms with Crippen molar-refractivity contribution in [2.75, 3.05) is 0 Å². The van der Waals surface area contributed by atoms with E-state index in [0.717, 1.165) is 29.6 Å². The second kappa shape index (κ2) is 4.07. The largest absolute Gasteiger partial charge is 0.271 e. The van der Waals surface area contributed by atoms with Gasteiger partial charge in [0.1, 0.15) is 0 Å². The monoisotopic (exact) mass is 242 g/mol. The molecule has 0 aromatic heterocycles. The van der Waals surface area contributed by atoms with Gasteiger partial charge in [-0.25, -0.2) is 0 Å². The van der Waals surface area contributed by atoms with Gasteiger partial charge in [0.05, 0.1) is 0 Å². The Balaban J connectivity index is 1.44. The zero-order valence-electron chi connectivity index (χ0n) is 10.8. The van der Waals surface area contributed by atoms with E-state index >= 15 is 0 Å². The van der Waals surface area contributed by atoms with Crippen LogP contribution >= 0.6 is 0 Å². The van der Waals surface area contributed by atoms with Gasteiger partial charge >= 0.3 is 0 Å². The fourth-order valence-electron chi connectivity index (χ4n) is 4.36. The predicted molar refractivity (Wildman–Crippen MR) is 72.7 cm³/mol. The van der Waals surface area contributed by atoms with Crippen molar-refractivity contribution in [2.24, 2.45) is 29.5 Å². The van der Waals surface area contributed by atoms with Crippen molar-refractivity contribution in [2.45, 2.75) is 37.6 Å². The Hall–Kier alpha value is -0.860. The maximum Gasteiger partial charge on any atom is 0.0273 e. The van der Waals surface area contributed by atoms with E-state index in [1.165, 1.54) is 31.2 Å². The summed E-state index contributed by atoms with van der Waals surface area (Å²) < 4.78 is 0. The summed E-state index contributed by atoms with van der Waals surface area (Å²) in [5, 5.41) is 0. The van der Waals surface area contributed by atoms with Crippen LogP contribution in [0.15, 0.2) is 30.3 Å². The summed E-state index contributed by atoms with van der Waals surface area (Å²) in [6, 6.07) is 11.5. The van der Waals surface area contributed by atoms with Crippen LogP contribution in [0, 0.1) is 23.7 Å². The Morgan fingerprint density at radius 2 is 1.72 bits per heavy atom. The molecule has 0 amide bonds. The van der Waals surface area contributed by atoms with Gasteiger partial charge in [0.25, 0.3) is 0 Å². The SMILES string of the molecule is NNC(C1CC2CC2C1)C1CC1c1ccccc1. The molecule has 18 heavy (non-hydrogen) atoms. The minimum Gasteiger partial charge on any atom is -0.271 e. The van der Waals surface area contributed by atoms with Crippen LogP contribution in [0.2, 0.25) is 0 Å². The molecule has 1 aromatic carbocycles. The maximum absolute atomic E-state index is 5.84. The smallest absolute Gasteiger partial charge is 0.0273 e. The van der Waals surface area contributed by atoms with E-state index in [1.807, 2.05) is 0 Å². The van der Waals surface area contributed by atoms with Crippen LogP contribution < -0.4 is 11.3 Å². The molecule has 3 fully saturated rings. The Morgan fingerprint density at radius 1 is 1.00 bits per heavy atom. The van der Waals surface area contributed by atoms with Crippen LogP contribution in [0.3, 0.4) is 0 Å². The highest BCUT2D eigenvalue weighted by molar-refractivity contribution is 5.27. The molecule has 2 nitrogen and oxygen atoms in total. The topological polar surface area (TPSA) is 38.0 Å². The van der Waals surface area contributed by atoms with E-state index in [2.05, 4.69) is 35.8 Å². The average molecular weight is 242 g/mol. The van der Waals surface area contributed by atoms with Gasteiger partial charge in [0, 0.05) is 6.04 Å². The van der Waals surface area contributed by atoms with Crippen molar-refractivity contribution in [3.63, 3.8) is 0 Å². The highest BCUT2D eigenvalue weighted by Crippen LogP contribution is 2.59. The number of hydrogen-bond acceptors (Lipinski definition) is 2. The third-order valence-electron chi connectivity index (χ3n) is 5.51. The van der Waals surface area contributed by atoms with Crippen LogP contribution in [0.25, 0.3) is 0 Å². The molecule has 3 aliphatic carbocycles. The van der Waals surface area contributed by atoms with Crippen molar-refractivity contribution in [3.05, 3.63) is 35.9 Å². The van der Waals surface area contributed by atoms with Gasteiger partial charge in [-0.15, -0.1) is 0 Å². The first kappa shape index (κ1) is 11.0. The van der Waals surface area contributed by atoms with Crippen LogP contribution in [-0.4, -0.2) is 6.04 Å². The molecule has 0 radical (unpaired) electrons. The van der Waals surface area contributed by atoms with Gasteiger partial charge in [-0.05, 0) is 60.8 Å². The van der Waals surface area contributed by atoms with E-state index in [-0.39, 0.29) is 0 Å². The molecule has 2 heteroatoms. The lowest BCUT2D eigenvalue weighted by molar-refractivity contribution is 0.304. The Labute approximate surface area is 109 Å². The second-order valence-corrected chi connectivity index (χ2v) is 6.60. The number of hydrogen-bond donors (Lipinski definition) is 2. The summed E-state index contributed by atoms with van der Waals surface area (Å²) in [7, 11) is 0. The molecule has 3 N–H and O–H groups in total. The third-order valence-corrected chi connectivity index (χ3v) is 5.51. The zero-order valence-corrected chi connectivity index (χ0v) is 10.8. The van der Waals surface area contributed by atoms with Gasteiger partial charge in [-0.3, -0.25) is 11.3 Å². The number of fused-ring (bicyclic) bond motifs is 1. The highest BCUT2D eigenvalue weighted by atomic mass is 15.2. The molecule has 0 spiro atoms. The molecule has 1 aromatic rings. The van der Waals surface area contributed by atoms with E-state index < -0.39 is 0 Å². The molecule has 0 heterocycles. The number of hydrazine groups is 1. The molecule has 5 atom stereocenters. The number of nitrogens with one attached hydrogen (secondary N) is 1. The van der Waals surface area contributed by atoms with Gasteiger partial charge in [0.15, 0.2) is 0 Å². The van der Waals surface area contributed by atoms with E-state index in [0.29, 0.717) is 6.04 Å². The van der Waals surface area contributed by atoms with Crippen LogP contribution in [0.1, 0.15) is 37.2 Å². The molecule has 0 bridgehead atoms. The summed E-state index contributed by atoms with van der Waals surface area (Å²) >= 11 is 0. The van der Waals surface area contributed by atoms with Crippen LogP contribution in [-0.2, 0) is 0 Å². The highest BCUT2D eigenvalue weighted by Gasteiger charge is 2.53. The first-order valence-electron chi connectivity index (χ1n) is 7.38. The van der Waals surface area contributed by atoms with Gasteiger partial charge in [-0.1, -0.05) is 30.3 Å². The van der Waals surface area contributed by atoms with Crippen LogP contribution in [0.4, 0.5) is 0 Å².